The summed E-state index contributed by atoms with van der Waals surface area (Å²) in [7, 11) is 3.10. The summed E-state index contributed by atoms with van der Waals surface area (Å²) in [5.74, 6) is 1.05. The summed E-state index contributed by atoms with van der Waals surface area (Å²) in [6.07, 6.45) is 2.18. The molecule has 0 unspecified atom stereocenters. The Morgan fingerprint density at radius 3 is 2.48 bits per heavy atom. The molecule has 0 atom stereocenters. The maximum Gasteiger partial charge on any atom is 0.337 e. The van der Waals surface area contributed by atoms with Crippen molar-refractivity contribution < 1.29 is 14.3 Å². The summed E-state index contributed by atoms with van der Waals surface area (Å²) in [5, 5.41) is 1.18. The molecule has 1 heterocycles. The Labute approximate surface area is 160 Å². The highest BCUT2D eigenvalue weighted by Gasteiger charge is 2.17. The minimum absolute atomic E-state index is 0.306. The average Bonchev–Trinajstić information content (AvgIpc) is 3.05. The quantitative estimate of drug-likeness (QED) is 0.527. The van der Waals surface area contributed by atoms with Gasteiger partial charge in [0.25, 0.3) is 0 Å². The van der Waals surface area contributed by atoms with Gasteiger partial charge in [-0.05, 0) is 60.7 Å². The first-order valence-electron chi connectivity index (χ1n) is 9.45. The van der Waals surface area contributed by atoms with Gasteiger partial charge in [0.1, 0.15) is 5.75 Å². The molecule has 0 aliphatic rings. The van der Waals surface area contributed by atoms with Crippen molar-refractivity contribution in [3.8, 4) is 5.75 Å². The summed E-state index contributed by atoms with van der Waals surface area (Å²) in [6.45, 7) is 5.18. The van der Waals surface area contributed by atoms with E-state index >= 15 is 0 Å². The van der Waals surface area contributed by atoms with E-state index in [9.17, 15) is 4.79 Å². The largest absolute Gasteiger partial charge is 0.497 e. The minimum Gasteiger partial charge on any atom is -0.497 e. The number of esters is 1. The molecule has 0 amide bonds. The van der Waals surface area contributed by atoms with Gasteiger partial charge < -0.3 is 14.0 Å². The van der Waals surface area contributed by atoms with Crippen LogP contribution in [0.1, 0.15) is 54.2 Å². The van der Waals surface area contributed by atoms with Crippen molar-refractivity contribution in [2.45, 2.75) is 39.2 Å². The van der Waals surface area contributed by atoms with Crippen LogP contribution in [0.15, 0.2) is 48.5 Å². The van der Waals surface area contributed by atoms with Crippen molar-refractivity contribution in [2.24, 2.45) is 0 Å². The second-order valence-electron chi connectivity index (χ2n) is 6.79. The third kappa shape index (κ3) is 3.85. The van der Waals surface area contributed by atoms with Crippen LogP contribution in [0.25, 0.3) is 10.9 Å². The lowest BCUT2D eigenvalue weighted by Crippen LogP contribution is -2.09. The van der Waals surface area contributed by atoms with E-state index in [4.69, 9.17) is 9.47 Å². The maximum absolute atomic E-state index is 11.9. The summed E-state index contributed by atoms with van der Waals surface area (Å²) in [4.78, 5) is 11.9. The standard InChI is InChI=1S/C23H27NO3/c1-5-17(6-2)22-14-19-13-20(26-3)10-11-21(19)24(22)15-16-8-7-9-18(12-16)23(25)27-4/h7-14,17H,5-6,15H2,1-4H3. The van der Waals surface area contributed by atoms with Gasteiger partial charge in [-0.2, -0.15) is 0 Å². The number of rotatable bonds is 7. The van der Waals surface area contributed by atoms with E-state index in [0.29, 0.717) is 18.0 Å². The van der Waals surface area contributed by atoms with E-state index in [1.54, 1.807) is 13.2 Å². The second kappa shape index (κ2) is 8.30. The number of benzene rings is 2. The zero-order chi connectivity index (χ0) is 19.4. The first-order chi connectivity index (χ1) is 13.1. The monoisotopic (exact) mass is 365 g/mol. The second-order valence-corrected chi connectivity index (χ2v) is 6.79. The van der Waals surface area contributed by atoms with Crippen LogP contribution in [0, 0.1) is 0 Å². The van der Waals surface area contributed by atoms with Crippen molar-refractivity contribution in [1.29, 1.82) is 0 Å². The van der Waals surface area contributed by atoms with Crippen LogP contribution in [-0.4, -0.2) is 24.8 Å². The van der Waals surface area contributed by atoms with Crippen molar-refractivity contribution in [1.82, 2.24) is 4.57 Å². The van der Waals surface area contributed by atoms with E-state index in [0.717, 1.165) is 24.2 Å². The lowest BCUT2D eigenvalue weighted by Gasteiger charge is -2.18. The molecule has 0 saturated carbocycles. The molecule has 0 N–H and O–H groups in total. The molecular formula is C23H27NO3. The molecule has 0 spiro atoms. The summed E-state index contributed by atoms with van der Waals surface area (Å²) in [6, 6.07) is 16.1. The number of nitrogens with zero attached hydrogens (tertiary/aromatic N) is 1. The molecule has 0 bridgehead atoms. The third-order valence-corrected chi connectivity index (χ3v) is 5.23. The summed E-state index contributed by atoms with van der Waals surface area (Å²) >= 11 is 0. The van der Waals surface area contributed by atoms with Crippen LogP contribution in [0.2, 0.25) is 0 Å². The average molecular weight is 365 g/mol. The fourth-order valence-electron chi connectivity index (χ4n) is 3.72. The Kier molecular flexibility index (Phi) is 5.84. The Morgan fingerprint density at radius 2 is 1.81 bits per heavy atom. The highest BCUT2D eigenvalue weighted by atomic mass is 16.5. The Hall–Kier alpha value is -2.75. The Bertz CT molecular complexity index is 938. The SMILES string of the molecule is CCC(CC)c1cc2cc(OC)ccc2n1Cc1cccc(C(=O)OC)c1. The highest BCUT2D eigenvalue weighted by molar-refractivity contribution is 5.89. The number of ether oxygens (including phenoxy) is 2. The van der Waals surface area contributed by atoms with Gasteiger partial charge in [-0.25, -0.2) is 4.79 Å². The number of hydrogen-bond acceptors (Lipinski definition) is 3. The molecule has 3 rings (SSSR count). The van der Waals surface area contributed by atoms with Gasteiger partial charge in [0, 0.05) is 23.1 Å². The number of aromatic nitrogens is 1. The summed E-state index contributed by atoms with van der Waals surface area (Å²) < 4.78 is 12.6. The van der Waals surface area contributed by atoms with Crippen LogP contribution in [0.4, 0.5) is 0 Å². The first-order valence-corrected chi connectivity index (χ1v) is 9.45. The number of carbonyl (C=O) groups excluding carboxylic acids is 1. The van der Waals surface area contributed by atoms with Gasteiger partial charge in [0.15, 0.2) is 0 Å². The topological polar surface area (TPSA) is 40.5 Å². The molecule has 2 aromatic carbocycles. The first kappa shape index (κ1) is 19.0. The predicted molar refractivity (Wildman–Crippen MR) is 109 cm³/mol. The fourth-order valence-corrected chi connectivity index (χ4v) is 3.72. The van der Waals surface area contributed by atoms with E-state index in [1.807, 2.05) is 18.2 Å². The number of carbonyl (C=O) groups is 1. The van der Waals surface area contributed by atoms with E-state index < -0.39 is 0 Å². The molecular weight excluding hydrogens is 338 g/mol. The fraction of sp³-hybridized carbons (Fsp3) is 0.348. The minimum atomic E-state index is -0.306. The van der Waals surface area contributed by atoms with Gasteiger partial charge in [0.2, 0.25) is 0 Å². The zero-order valence-electron chi connectivity index (χ0n) is 16.5. The van der Waals surface area contributed by atoms with Gasteiger partial charge in [-0.15, -0.1) is 0 Å². The van der Waals surface area contributed by atoms with Crippen molar-refractivity contribution in [3.63, 3.8) is 0 Å². The van der Waals surface area contributed by atoms with Gasteiger partial charge >= 0.3 is 5.97 Å². The number of methoxy groups -OCH3 is 2. The maximum atomic E-state index is 11.9. The van der Waals surface area contributed by atoms with Crippen LogP contribution in [0.3, 0.4) is 0 Å². The molecule has 0 fully saturated rings. The van der Waals surface area contributed by atoms with E-state index in [1.165, 1.54) is 23.7 Å². The Balaban J connectivity index is 2.09. The highest BCUT2D eigenvalue weighted by Crippen LogP contribution is 2.32. The van der Waals surface area contributed by atoms with Gasteiger partial charge in [-0.1, -0.05) is 26.0 Å². The molecule has 4 nitrogen and oxygen atoms in total. The molecule has 0 aliphatic heterocycles. The van der Waals surface area contributed by atoms with Crippen molar-refractivity contribution in [3.05, 3.63) is 65.4 Å². The normalized spacial score (nSPS) is 11.1. The molecule has 1 aromatic heterocycles. The molecule has 4 heteroatoms. The molecule has 142 valence electrons. The van der Waals surface area contributed by atoms with Crippen LogP contribution in [-0.2, 0) is 11.3 Å². The smallest absolute Gasteiger partial charge is 0.337 e. The zero-order valence-corrected chi connectivity index (χ0v) is 16.5. The Morgan fingerprint density at radius 1 is 1.04 bits per heavy atom. The summed E-state index contributed by atoms with van der Waals surface area (Å²) in [5.41, 5.74) is 4.17. The molecule has 27 heavy (non-hydrogen) atoms. The van der Waals surface area contributed by atoms with Gasteiger partial charge in [-0.3, -0.25) is 0 Å². The van der Waals surface area contributed by atoms with Crippen LogP contribution >= 0.6 is 0 Å². The van der Waals surface area contributed by atoms with E-state index in [2.05, 4.69) is 42.7 Å². The third-order valence-electron chi connectivity index (χ3n) is 5.23. The lowest BCUT2D eigenvalue weighted by molar-refractivity contribution is 0.0600. The van der Waals surface area contributed by atoms with Crippen molar-refractivity contribution >= 4 is 16.9 Å². The molecule has 0 radical (unpaired) electrons. The molecule has 0 saturated heterocycles. The van der Waals surface area contributed by atoms with Gasteiger partial charge in [0.05, 0.1) is 19.8 Å². The van der Waals surface area contributed by atoms with Crippen LogP contribution < -0.4 is 4.74 Å². The molecule has 3 aromatic rings. The van der Waals surface area contributed by atoms with E-state index in [-0.39, 0.29) is 5.97 Å². The predicted octanol–water partition coefficient (Wildman–Crippen LogP) is 5.39. The number of fused-ring (bicyclic) bond motifs is 1. The lowest BCUT2D eigenvalue weighted by atomic mass is 9.99. The van der Waals surface area contributed by atoms with Crippen LogP contribution in [0.5, 0.6) is 5.75 Å². The van der Waals surface area contributed by atoms with Crippen molar-refractivity contribution in [2.75, 3.05) is 14.2 Å². The molecule has 0 aliphatic carbocycles. The number of hydrogen-bond donors (Lipinski definition) is 0.